The normalized spacial score (nSPS) is 18.6. The van der Waals surface area contributed by atoms with Crippen molar-refractivity contribution in [2.24, 2.45) is 0 Å². The monoisotopic (exact) mass is 316 g/mol. The van der Waals surface area contributed by atoms with Crippen LogP contribution in [0.25, 0.3) is 11.1 Å². The van der Waals surface area contributed by atoms with Crippen molar-refractivity contribution in [1.82, 2.24) is 9.29 Å². The Morgan fingerprint density at radius 1 is 1.25 bits per heavy atom. The highest BCUT2D eigenvalue weighted by Crippen LogP contribution is 2.21. The molecule has 0 unspecified atom stereocenters. The van der Waals surface area contributed by atoms with E-state index in [9.17, 15) is 17.4 Å². The topological polar surface area (TPSA) is 100 Å². The highest BCUT2D eigenvalue weighted by molar-refractivity contribution is 7.89. The lowest BCUT2D eigenvalue weighted by Gasteiger charge is -2.25. The highest BCUT2D eigenvalue weighted by atomic mass is 32.2. The molecule has 1 aliphatic rings. The Kier molecular flexibility index (Phi) is 3.27. The Bertz CT molecular complexity index is 826. The molecular formula is C11H12N2O5S2. The minimum Gasteiger partial charge on any atom is -0.408 e. The second kappa shape index (κ2) is 4.83. The molecule has 2 aromatic rings. The molecule has 3 rings (SSSR count). The number of benzene rings is 1. The first-order valence-corrected chi connectivity index (χ1v) is 8.88. The summed E-state index contributed by atoms with van der Waals surface area (Å²) in [4.78, 5) is 13.6. The number of rotatable bonds is 2. The molecule has 0 bridgehead atoms. The lowest BCUT2D eigenvalue weighted by Crippen LogP contribution is -2.41. The maximum absolute atomic E-state index is 12.4. The van der Waals surface area contributed by atoms with E-state index in [0.717, 1.165) is 0 Å². The number of nitrogens with one attached hydrogen (secondary N) is 1. The number of hydrogen-bond acceptors (Lipinski definition) is 5. The molecule has 0 atom stereocenters. The van der Waals surface area contributed by atoms with Crippen LogP contribution in [0.5, 0.6) is 0 Å². The summed E-state index contributed by atoms with van der Waals surface area (Å²) in [5.41, 5.74) is 0.658. The van der Waals surface area contributed by atoms with Gasteiger partial charge in [-0.15, -0.1) is 0 Å². The molecular weight excluding hydrogens is 304 g/mol. The maximum atomic E-state index is 12.4. The highest BCUT2D eigenvalue weighted by Gasteiger charge is 2.28. The van der Waals surface area contributed by atoms with Crippen LogP contribution in [0.1, 0.15) is 0 Å². The van der Waals surface area contributed by atoms with Gasteiger partial charge in [0.2, 0.25) is 10.0 Å². The van der Waals surface area contributed by atoms with Crippen molar-refractivity contribution in [3.63, 3.8) is 0 Å². The third kappa shape index (κ3) is 2.32. The molecule has 1 aromatic heterocycles. The second-order valence-electron chi connectivity index (χ2n) is 4.42. The number of nitrogens with zero attached hydrogens (tertiary/aromatic N) is 1. The molecule has 108 valence electrons. The SMILES string of the molecule is O=c1[nH]c2ccc(S(=O)(=O)N3CCS(=O)CC3)cc2o1. The van der Waals surface area contributed by atoms with Crippen molar-refractivity contribution >= 4 is 31.9 Å². The molecule has 20 heavy (non-hydrogen) atoms. The van der Waals surface area contributed by atoms with Crippen LogP contribution in [0.4, 0.5) is 0 Å². The molecule has 1 fully saturated rings. The van der Waals surface area contributed by atoms with Crippen molar-refractivity contribution in [2.45, 2.75) is 4.90 Å². The van der Waals surface area contributed by atoms with Gasteiger partial charge in [-0.1, -0.05) is 0 Å². The first-order valence-electron chi connectivity index (χ1n) is 5.95. The number of hydrogen-bond donors (Lipinski definition) is 1. The Balaban J connectivity index is 2.00. The zero-order chi connectivity index (χ0) is 14.3. The lowest BCUT2D eigenvalue weighted by molar-refractivity contribution is 0.438. The Hall–Kier alpha value is -1.45. The fourth-order valence-corrected chi connectivity index (χ4v) is 4.84. The van der Waals surface area contributed by atoms with Crippen molar-refractivity contribution < 1.29 is 17.0 Å². The van der Waals surface area contributed by atoms with Gasteiger partial charge in [-0.05, 0) is 12.1 Å². The fourth-order valence-electron chi connectivity index (χ4n) is 2.10. The molecule has 7 nitrogen and oxygen atoms in total. The molecule has 0 saturated carbocycles. The number of sulfonamides is 1. The van der Waals surface area contributed by atoms with Gasteiger partial charge in [0.05, 0.1) is 10.4 Å². The number of aromatic amines is 1. The summed E-state index contributed by atoms with van der Waals surface area (Å²) in [5, 5.41) is 0. The maximum Gasteiger partial charge on any atom is 0.417 e. The Morgan fingerprint density at radius 3 is 2.65 bits per heavy atom. The first-order chi connectivity index (χ1) is 9.46. The Labute approximate surface area is 117 Å². The van der Waals surface area contributed by atoms with E-state index in [0.29, 0.717) is 17.0 Å². The smallest absolute Gasteiger partial charge is 0.408 e. The van der Waals surface area contributed by atoms with Gasteiger partial charge in [0.25, 0.3) is 0 Å². The van der Waals surface area contributed by atoms with Crippen molar-refractivity contribution in [3.05, 3.63) is 28.7 Å². The quantitative estimate of drug-likeness (QED) is 0.832. The van der Waals surface area contributed by atoms with Gasteiger partial charge in [-0.3, -0.25) is 9.19 Å². The van der Waals surface area contributed by atoms with E-state index in [4.69, 9.17) is 4.42 Å². The summed E-state index contributed by atoms with van der Waals surface area (Å²) in [6, 6.07) is 4.25. The van der Waals surface area contributed by atoms with Gasteiger partial charge in [0.15, 0.2) is 5.58 Å². The lowest BCUT2D eigenvalue weighted by atomic mass is 10.3. The molecule has 9 heteroatoms. The van der Waals surface area contributed by atoms with E-state index in [-0.39, 0.29) is 23.6 Å². The summed E-state index contributed by atoms with van der Waals surface area (Å²) in [7, 11) is -4.59. The van der Waals surface area contributed by atoms with Crippen molar-refractivity contribution in [2.75, 3.05) is 24.6 Å². The van der Waals surface area contributed by atoms with Gasteiger partial charge in [0, 0.05) is 41.5 Å². The van der Waals surface area contributed by atoms with Crippen LogP contribution >= 0.6 is 0 Å². The molecule has 1 N–H and O–H groups in total. The molecule has 0 aliphatic carbocycles. The van der Waals surface area contributed by atoms with Crippen molar-refractivity contribution in [1.29, 1.82) is 0 Å². The third-order valence-electron chi connectivity index (χ3n) is 3.17. The number of H-pyrrole nitrogens is 1. The minimum atomic E-state index is -3.64. The molecule has 1 saturated heterocycles. The predicted molar refractivity (Wildman–Crippen MR) is 73.5 cm³/mol. The first kappa shape index (κ1) is 13.5. The number of fused-ring (bicyclic) bond motifs is 1. The van der Waals surface area contributed by atoms with Gasteiger partial charge in [-0.2, -0.15) is 4.31 Å². The van der Waals surface area contributed by atoms with Crippen LogP contribution in [-0.4, -0.2) is 46.5 Å². The van der Waals surface area contributed by atoms with Crippen LogP contribution in [0.2, 0.25) is 0 Å². The van der Waals surface area contributed by atoms with E-state index >= 15 is 0 Å². The van der Waals surface area contributed by atoms with E-state index in [1.165, 1.54) is 22.5 Å². The van der Waals surface area contributed by atoms with E-state index in [1.54, 1.807) is 0 Å². The van der Waals surface area contributed by atoms with Crippen LogP contribution in [0.15, 0.2) is 32.3 Å². The number of aromatic nitrogens is 1. The van der Waals surface area contributed by atoms with Crippen LogP contribution in [-0.2, 0) is 20.8 Å². The molecule has 0 amide bonds. The minimum absolute atomic E-state index is 0.0698. The van der Waals surface area contributed by atoms with Gasteiger partial charge in [0.1, 0.15) is 0 Å². The summed E-state index contributed by atoms with van der Waals surface area (Å²) in [6.07, 6.45) is 0. The molecule has 0 radical (unpaired) electrons. The fraction of sp³-hybridized carbons (Fsp3) is 0.364. The second-order valence-corrected chi connectivity index (χ2v) is 8.06. The van der Waals surface area contributed by atoms with E-state index in [1.807, 2.05) is 0 Å². The summed E-state index contributed by atoms with van der Waals surface area (Å²) in [5.74, 6) is 0.0736. The van der Waals surface area contributed by atoms with E-state index < -0.39 is 26.6 Å². The zero-order valence-electron chi connectivity index (χ0n) is 10.4. The third-order valence-corrected chi connectivity index (χ3v) is 6.34. The molecule has 1 aromatic carbocycles. The summed E-state index contributed by atoms with van der Waals surface area (Å²) in [6.45, 7) is 0.480. The van der Waals surface area contributed by atoms with E-state index in [2.05, 4.69) is 4.98 Å². The van der Waals surface area contributed by atoms with Crippen LogP contribution in [0.3, 0.4) is 0 Å². The van der Waals surface area contributed by atoms with Gasteiger partial charge >= 0.3 is 5.76 Å². The average Bonchev–Trinajstić information content (AvgIpc) is 2.78. The summed E-state index contributed by atoms with van der Waals surface area (Å²) < 4.78 is 42.3. The summed E-state index contributed by atoms with van der Waals surface area (Å²) >= 11 is 0. The average molecular weight is 316 g/mol. The van der Waals surface area contributed by atoms with Gasteiger partial charge in [-0.25, -0.2) is 13.2 Å². The van der Waals surface area contributed by atoms with Crippen LogP contribution in [0, 0.1) is 0 Å². The van der Waals surface area contributed by atoms with Gasteiger partial charge < -0.3 is 4.42 Å². The largest absolute Gasteiger partial charge is 0.417 e. The zero-order valence-corrected chi connectivity index (χ0v) is 12.0. The predicted octanol–water partition coefficient (Wildman–Crippen LogP) is -0.126. The van der Waals surface area contributed by atoms with Crippen LogP contribution < -0.4 is 5.76 Å². The molecule has 0 spiro atoms. The molecule has 2 heterocycles. The Morgan fingerprint density at radius 2 is 1.95 bits per heavy atom. The van der Waals surface area contributed by atoms with Crippen molar-refractivity contribution in [3.8, 4) is 0 Å². The standard InChI is InChI=1S/C11H12N2O5S2/c14-11-12-9-2-1-8(7-10(9)18-11)20(16,17)13-3-5-19(15)6-4-13/h1-2,7H,3-6H2,(H,12,14). The number of oxazole rings is 1. The molecule has 1 aliphatic heterocycles.